The van der Waals surface area contributed by atoms with E-state index in [1.165, 1.54) is 7.11 Å². The third-order valence-electron chi connectivity index (χ3n) is 3.91. The number of carbonyl (C=O) groups excluding carboxylic acids is 2. The first-order chi connectivity index (χ1) is 10.2. The zero-order chi connectivity index (χ0) is 14.8. The highest BCUT2D eigenvalue weighted by Crippen LogP contribution is 2.23. The molecule has 3 rings (SSSR count). The molecule has 0 unspecified atom stereocenters. The Morgan fingerprint density at radius 3 is 2.95 bits per heavy atom. The molecule has 0 bridgehead atoms. The van der Waals surface area contributed by atoms with Gasteiger partial charge in [0.2, 0.25) is 0 Å². The molecule has 1 aromatic heterocycles. The number of H-pyrrole nitrogens is 1. The third kappa shape index (κ3) is 2.37. The van der Waals surface area contributed by atoms with Crippen molar-refractivity contribution in [3.05, 3.63) is 30.0 Å². The minimum absolute atomic E-state index is 0.220. The minimum atomic E-state index is -0.508. The number of methoxy groups -OCH3 is 1. The Kier molecular flexibility index (Phi) is 3.60. The number of piperidine rings is 1. The number of rotatable bonds is 2. The second kappa shape index (κ2) is 5.55. The fraction of sp³-hybridized carbons (Fsp3) is 0.400. The molecule has 6 nitrogen and oxygen atoms in total. The van der Waals surface area contributed by atoms with Gasteiger partial charge in [-0.1, -0.05) is 18.2 Å². The summed E-state index contributed by atoms with van der Waals surface area (Å²) in [5.74, 6) is -0.578. The van der Waals surface area contributed by atoms with Crippen LogP contribution in [0.3, 0.4) is 0 Å². The summed E-state index contributed by atoms with van der Waals surface area (Å²) in [5.41, 5.74) is 1.17. The van der Waals surface area contributed by atoms with Gasteiger partial charge in [0.15, 0.2) is 5.69 Å². The number of para-hydroxylation sites is 1. The number of amides is 1. The predicted molar refractivity (Wildman–Crippen MR) is 76.8 cm³/mol. The maximum absolute atomic E-state index is 12.7. The van der Waals surface area contributed by atoms with Gasteiger partial charge in [-0.05, 0) is 25.3 Å². The SMILES string of the molecule is COC(=O)[C@H]1CCCCN1C(=O)c1n[nH]c2ccccc12. The molecule has 0 radical (unpaired) electrons. The number of nitrogens with zero attached hydrogens (tertiary/aromatic N) is 2. The number of esters is 1. The Bertz CT molecular complexity index is 680. The van der Waals surface area contributed by atoms with Crippen LogP contribution >= 0.6 is 0 Å². The van der Waals surface area contributed by atoms with Crippen molar-refractivity contribution in [3.63, 3.8) is 0 Å². The second-order valence-corrected chi connectivity index (χ2v) is 5.15. The van der Waals surface area contributed by atoms with Crippen molar-refractivity contribution < 1.29 is 14.3 Å². The van der Waals surface area contributed by atoms with Crippen molar-refractivity contribution in [2.75, 3.05) is 13.7 Å². The van der Waals surface area contributed by atoms with E-state index in [2.05, 4.69) is 10.2 Å². The number of benzene rings is 1. The highest BCUT2D eigenvalue weighted by molar-refractivity contribution is 6.05. The van der Waals surface area contributed by atoms with Gasteiger partial charge in [-0.3, -0.25) is 9.89 Å². The molecule has 1 saturated heterocycles. The molecule has 1 N–H and O–H groups in total. The lowest BCUT2D eigenvalue weighted by Crippen LogP contribution is -2.48. The quantitative estimate of drug-likeness (QED) is 0.854. The summed E-state index contributed by atoms with van der Waals surface area (Å²) in [6, 6.07) is 6.96. The van der Waals surface area contributed by atoms with Crippen molar-refractivity contribution >= 4 is 22.8 Å². The second-order valence-electron chi connectivity index (χ2n) is 5.15. The molecule has 0 aliphatic carbocycles. The van der Waals surface area contributed by atoms with Gasteiger partial charge in [-0.2, -0.15) is 5.10 Å². The first-order valence-corrected chi connectivity index (χ1v) is 7.04. The number of ether oxygens (including phenoxy) is 1. The van der Waals surface area contributed by atoms with E-state index in [-0.39, 0.29) is 11.9 Å². The maximum Gasteiger partial charge on any atom is 0.328 e. The summed E-state index contributed by atoms with van der Waals surface area (Å²) in [4.78, 5) is 26.2. The van der Waals surface area contributed by atoms with Gasteiger partial charge in [0, 0.05) is 11.9 Å². The van der Waals surface area contributed by atoms with Gasteiger partial charge in [0.05, 0.1) is 12.6 Å². The summed E-state index contributed by atoms with van der Waals surface area (Å²) < 4.78 is 4.81. The number of carbonyl (C=O) groups is 2. The molecule has 1 atom stereocenters. The lowest BCUT2D eigenvalue weighted by molar-refractivity contribution is -0.147. The first-order valence-electron chi connectivity index (χ1n) is 7.04. The van der Waals surface area contributed by atoms with Crippen LogP contribution in [-0.4, -0.2) is 46.7 Å². The number of aromatic amines is 1. The molecule has 1 amide bonds. The third-order valence-corrected chi connectivity index (χ3v) is 3.91. The Morgan fingerprint density at radius 2 is 2.14 bits per heavy atom. The molecule has 1 fully saturated rings. The van der Waals surface area contributed by atoms with E-state index < -0.39 is 6.04 Å². The van der Waals surface area contributed by atoms with E-state index >= 15 is 0 Å². The van der Waals surface area contributed by atoms with Crippen LogP contribution in [0.4, 0.5) is 0 Å². The number of likely N-dealkylation sites (tertiary alicyclic amines) is 1. The van der Waals surface area contributed by atoms with E-state index in [9.17, 15) is 9.59 Å². The van der Waals surface area contributed by atoms with Crippen molar-refractivity contribution in [2.24, 2.45) is 0 Å². The smallest absolute Gasteiger partial charge is 0.328 e. The van der Waals surface area contributed by atoms with Gasteiger partial charge in [-0.25, -0.2) is 4.79 Å². The Labute approximate surface area is 122 Å². The lowest BCUT2D eigenvalue weighted by atomic mass is 10.0. The van der Waals surface area contributed by atoms with Crippen LogP contribution in [0.25, 0.3) is 10.9 Å². The van der Waals surface area contributed by atoms with E-state index in [4.69, 9.17) is 4.74 Å². The van der Waals surface area contributed by atoms with E-state index in [1.54, 1.807) is 4.90 Å². The zero-order valence-electron chi connectivity index (χ0n) is 11.8. The fourth-order valence-corrected chi connectivity index (χ4v) is 2.82. The summed E-state index contributed by atoms with van der Waals surface area (Å²) >= 11 is 0. The van der Waals surface area contributed by atoms with Crippen LogP contribution in [0.15, 0.2) is 24.3 Å². The molecule has 6 heteroatoms. The maximum atomic E-state index is 12.7. The van der Waals surface area contributed by atoms with E-state index in [1.807, 2.05) is 24.3 Å². The van der Waals surface area contributed by atoms with E-state index in [0.717, 1.165) is 23.7 Å². The largest absolute Gasteiger partial charge is 0.467 e. The molecule has 0 saturated carbocycles. The summed E-state index contributed by atoms with van der Waals surface area (Å²) in [7, 11) is 1.35. The van der Waals surface area contributed by atoms with Crippen LogP contribution in [0.2, 0.25) is 0 Å². The zero-order valence-corrected chi connectivity index (χ0v) is 11.8. The highest BCUT2D eigenvalue weighted by Gasteiger charge is 2.34. The van der Waals surface area contributed by atoms with Crippen LogP contribution in [0, 0.1) is 0 Å². The van der Waals surface area contributed by atoms with Gasteiger partial charge in [0.25, 0.3) is 5.91 Å². The number of hydrogen-bond acceptors (Lipinski definition) is 4. The lowest BCUT2D eigenvalue weighted by Gasteiger charge is -2.33. The van der Waals surface area contributed by atoms with Crippen molar-refractivity contribution in [1.29, 1.82) is 0 Å². The molecule has 1 aliphatic heterocycles. The van der Waals surface area contributed by atoms with Crippen LogP contribution in [0.5, 0.6) is 0 Å². The highest BCUT2D eigenvalue weighted by atomic mass is 16.5. The molecule has 2 heterocycles. The van der Waals surface area contributed by atoms with Gasteiger partial charge in [-0.15, -0.1) is 0 Å². The molecule has 21 heavy (non-hydrogen) atoms. The van der Waals surface area contributed by atoms with Gasteiger partial charge >= 0.3 is 5.97 Å². The van der Waals surface area contributed by atoms with Crippen molar-refractivity contribution in [2.45, 2.75) is 25.3 Å². The number of aromatic nitrogens is 2. The summed E-state index contributed by atoms with van der Waals surface area (Å²) in [6.45, 7) is 0.555. The van der Waals surface area contributed by atoms with E-state index in [0.29, 0.717) is 18.7 Å². The predicted octanol–water partition coefficient (Wildman–Crippen LogP) is 1.73. The van der Waals surface area contributed by atoms with Crippen LogP contribution in [-0.2, 0) is 9.53 Å². The monoisotopic (exact) mass is 287 g/mol. The number of hydrogen-bond donors (Lipinski definition) is 1. The topological polar surface area (TPSA) is 75.3 Å². The Balaban J connectivity index is 1.94. The molecule has 0 spiro atoms. The first kappa shape index (κ1) is 13.6. The Hall–Kier alpha value is -2.37. The molecular formula is C15H17N3O3. The summed E-state index contributed by atoms with van der Waals surface area (Å²) in [5, 5.41) is 7.75. The average molecular weight is 287 g/mol. The minimum Gasteiger partial charge on any atom is -0.467 e. The van der Waals surface area contributed by atoms with Crippen LogP contribution in [0.1, 0.15) is 29.8 Å². The number of nitrogens with one attached hydrogen (secondary N) is 1. The van der Waals surface area contributed by atoms with Gasteiger partial charge in [0.1, 0.15) is 6.04 Å². The number of fused-ring (bicyclic) bond motifs is 1. The standard InChI is InChI=1S/C15H17N3O3/c1-21-15(20)12-8-4-5-9-18(12)14(19)13-10-6-2-3-7-11(10)16-17-13/h2-3,6-7,12H,4-5,8-9H2,1H3,(H,16,17)/t12-/m1/s1. The van der Waals surface area contributed by atoms with Crippen molar-refractivity contribution in [3.8, 4) is 0 Å². The molecule has 1 aliphatic rings. The molecular weight excluding hydrogens is 270 g/mol. The van der Waals surface area contributed by atoms with Crippen LogP contribution < -0.4 is 0 Å². The van der Waals surface area contributed by atoms with Gasteiger partial charge < -0.3 is 9.64 Å². The molecule has 110 valence electrons. The Morgan fingerprint density at radius 1 is 1.33 bits per heavy atom. The molecule has 1 aromatic carbocycles. The average Bonchev–Trinajstić information content (AvgIpc) is 2.97. The normalized spacial score (nSPS) is 18.7. The summed E-state index contributed by atoms with van der Waals surface area (Å²) in [6.07, 6.45) is 2.45. The molecule has 2 aromatic rings. The van der Waals surface area contributed by atoms with Crippen molar-refractivity contribution in [1.82, 2.24) is 15.1 Å². The fourth-order valence-electron chi connectivity index (χ4n) is 2.82.